The number of carbonyl (C=O) groups is 2. The number of thiophene rings is 1. The molecule has 0 aliphatic rings. The summed E-state index contributed by atoms with van der Waals surface area (Å²) in [5, 5.41) is 7.94. The molecule has 1 aromatic heterocycles. The molecular formula is C9H11N2O3S+. The summed E-state index contributed by atoms with van der Waals surface area (Å²) in [5.74, 6) is -0.660. The summed E-state index contributed by atoms with van der Waals surface area (Å²) in [5.41, 5.74) is 0.524. The lowest BCUT2D eigenvalue weighted by molar-refractivity contribution is -0.114. The zero-order valence-corrected chi connectivity index (χ0v) is 9.18. The predicted octanol–water partition coefficient (Wildman–Crippen LogP) is -0.329. The molecule has 15 heavy (non-hydrogen) atoms. The molecule has 0 aliphatic carbocycles. The topological polar surface area (TPSA) is 81.0 Å². The van der Waals surface area contributed by atoms with Gasteiger partial charge in [-0.3, -0.25) is 10.2 Å². The zero-order valence-electron chi connectivity index (χ0n) is 8.37. The second kappa shape index (κ2) is 4.70. The first kappa shape index (κ1) is 11.4. The van der Waals surface area contributed by atoms with Crippen LogP contribution in [0.1, 0.15) is 21.5 Å². The summed E-state index contributed by atoms with van der Waals surface area (Å²) in [6.07, 6.45) is 1.34. The number of amides is 1. The van der Waals surface area contributed by atoms with Gasteiger partial charge in [0.15, 0.2) is 6.21 Å². The molecule has 1 aromatic rings. The number of rotatable bonds is 3. The van der Waals surface area contributed by atoms with Gasteiger partial charge >= 0.3 is 5.97 Å². The number of anilines is 1. The van der Waals surface area contributed by atoms with Gasteiger partial charge in [-0.2, -0.15) is 0 Å². The van der Waals surface area contributed by atoms with E-state index in [1.54, 1.807) is 0 Å². The predicted molar refractivity (Wildman–Crippen MR) is 57.1 cm³/mol. The van der Waals surface area contributed by atoms with Gasteiger partial charge in [-0.25, -0.2) is 4.79 Å². The molecule has 0 spiro atoms. The summed E-state index contributed by atoms with van der Waals surface area (Å²) >= 11 is 1.16. The molecule has 0 saturated heterocycles. The molecule has 0 atom stereocenters. The summed E-state index contributed by atoms with van der Waals surface area (Å²) in [4.78, 5) is 23.1. The Kier molecular flexibility index (Phi) is 3.56. The van der Waals surface area contributed by atoms with Gasteiger partial charge in [0.2, 0.25) is 5.91 Å². The van der Waals surface area contributed by atoms with Crippen molar-refractivity contribution in [3.05, 3.63) is 15.8 Å². The molecule has 0 aliphatic heterocycles. The van der Waals surface area contributed by atoms with E-state index in [1.165, 1.54) is 26.3 Å². The van der Waals surface area contributed by atoms with E-state index >= 15 is 0 Å². The molecule has 0 radical (unpaired) electrons. The third-order valence-electron chi connectivity index (χ3n) is 1.61. The van der Waals surface area contributed by atoms with Gasteiger partial charge in [0, 0.05) is 6.92 Å². The number of nitrogens with one attached hydrogen (secondary N) is 1. The van der Waals surface area contributed by atoms with Crippen LogP contribution in [0.3, 0.4) is 0 Å². The SMILES string of the molecule is COC(=O)c1cc(NC(C)=O)c(C=[NH2+])s1. The number of nitrogens with two attached hydrogens (primary N) is 1. The van der Waals surface area contributed by atoms with Crippen LogP contribution in [0.15, 0.2) is 6.07 Å². The van der Waals surface area contributed by atoms with Gasteiger partial charge in [0.25, 0.3) is 0 Å². The third kappa shape index (κ3) is 2.63. The van der Waals surface area contributed by atoms with Crippen LogP contribution in [0, 0.1) is 0 Å². The second-order valence-electron chi connectivity index (χ2n) is 2.73. The molecule has 0 saturated carbocycles. The van der Waals surface area contributed by atoms with Gasteiger partial charge in [-0.05, 0) is 6.07 Å². The maximum absolute atomic E-state index is 11.2. The average molecular weight is 227 g/mol. The Balaban J connectivity index is 3.05. The van der Waals surface area contributed by atoms with Crippen molar-refractivity contribution >= 4 is 35.1 Å². The second-order valence-corrected chi connectivity index (χ2v) is 3.81. The summed E-state index contributed by atoms with van der Waals surface area (Å²) in [6, 6.07) is 1.54. The number of ether oxygens (including phenoxy) is 1. The maximum Gasteiger partial charge on any atom is 0.348 e. The van der Waals surface area contributed by atoms with E-state index in [4.69, 9.17) is 5.41 Å². The monoisotopic (exact) mass is 227 g/mol. The highest BCUT2D eigenvalue weighted by Crippen LogP contribution is 2.25. The van der Waals surface area contributed by atoms with Gasteiger partial charge in [0.1, 0.15) is 9.75 Å². The van der Waals surface area contributed by atoms with Crippen LogP contribution in [-0.4, -0.2) is 25.2 Å². The zero-order chi connectivity index (χ0) is 11.4. The van der Waals surface area contributed by atoms with Gasteiger partial charge in [-0.15, -0.1) is 11.3 Å². The lowest BCUT2D eigenvalue weighted by Gasteiger charge is -1.96. The van der Waals surface area contributed by atoms with E-state index in [0.717, 1.165) is 11.3 Å². The lowest BCUT2D eigenvalue weighted by atomic mass is 10.3. The van der Waals surface area contributed by atoms with Crippen LogP contribution >= 0.6 is 11.3 Å². The molecule has 0 unspecified atom stereocenters. The summed E-state index contributed by atoms with van der Waals surface area (Å²) in [7, 11) is 1.30. The van der Waals surface area contributed by atoms with Crippen LogP contribution in [-0.2, 0) is 9.53 Å². The minimum absolute atomic E-state index is 0.215. The first-order chi connectivity index (χ1) is 7.08. The van der Waals surface area contributed by atoms with E-state index in [-0.39, 0.29) is 5.91 Å². The number of hydrogen-bond acceptors (Lipinski definition) is 4. The van der Waals surface area contributed by atoms with Crippen molar-refractivity contribution in [3.8, 4) is 0 Å². The highest BCUT2D eigenvalue weighted by atomic mass is 32.1. The summed E-state index contributed by atoms with van der Waals surface area (Å²) < 4.78 is 4.56. The fourth-order valence-electron chi connectivity index (χ4n) is 1.02. The Hall–Kier alpha value is -1.69. The van der Waals surface area contributed by atoms with Crippen molar-refractivity contribution < 1.29 is 19.7 Å². The molecule has 1 heterocycles. The van der Waals surface area contributed by atoms with E-state index in [9.17, 15) is 9.59 Å². The summed E-state index contributed by atoms with van der Waals surface area (Å²) in [6.45, 7) is 1.38. The minimum Gasteiger partial charge on any atom is -0.465 e. The Morgan fingerprint density at radius 2 is 2.27 bits per heavy atom. The Bertz CT molecular complexity index is 411. The molecule has 5 nitrogen and oxygen atoms in total. The number of methoxy groups -OCH3 is 1. The first-order valence-corrected chi connectivity index (χ1v) is 4.94. The maximum atomic E-state index is 11.2. The van der Waals surface area contributed by atoms with Crippen molar-refractivity contribution in [2.75, 3.05) is 12.4 Å². The van der Waals surface area contributed by atoms with E-state index in [2.05, 4.69) is 10.1 Å². The smallest absolute Gasteiger partial charge is 0.348 e. The number of esters is 1. The Morgan fingerprint density at radius 3 is 2.73 bits per heavy atom. The van der Waals surface area contributed by atoms with Gasteiger partial charge < -0.3 is 10.1 Å². The highest BCUT2D eigenvalue weighted by Gasteiger charge is 2.15. The Morgan fingerprint density at radius 1 is 1.60 bits per heavy atom. The first-order valence-electron chi connectivity index (χ1n) is 4.13. The van der Waals surface area contributed by atoms with Crippen LogP contribution < -0.4 is 10.7 Å². The molecule has 0 aromatic carbocycles. The largest absolute Gasteiger partial charge is 0.465 e. The van der Waals surface area contributed by atoms with Crippen molar-refractivity contribution in [3.63, 3.8) is 0 Å². The molecule has 80 valence electrons. The molecular weight excluding hydrogens is 216 g/mol. The van der Waals surface area contributed by atoms with Crippen LogP contribution in [0.25, 0.3) is 0 Å². The molecule has 1 rings (SSSR count). The van der Waals surface area contributed by atoms with Crippen molar-refractivity contribution in [1.82, 2.24) is 0 Å². The fourth-order valence-corrected chi connectivity index (χ4v) is 1.89. The van der Waals surface area contributed by atoms with E-state index < -0.39 is 5.97 Å². The number of hydrogen-bond donors (Lipinski definition) is 2. The van der Waals surface area contributed by atoms with E-state index in [0.29, 0.717) is 15.4 Å². The van der Waals surface area contributed by atoms with Crippen LogP contribution in [0.5, 0.6) is 0 Å². The molecule has 0 fully saturated rings. The lowest BCUT2D eigenvalue weighted by Crippen LogP contribution is -2.29. The average Bonchev–Trinajstić information content (AvgIpc) is 2.59. The van der Waals surface area contributed by atoms with Crippen molar-refractivity contribution in [1.29, 1.82) is 0 Å². The number of carbonyl (C=O) groups excluding carboxylic acids is 2. The third-order valence-corrected chi connectivity index (χ3v) is 2.69. The quantitative estimate of drug-likeness (QED) is 0.548. The van der Waals surface area contributed by atoms with Gasteiger partial charge in [0.05, 0.1) is 12.8 Å². The fraction of sp³-hybridized carbons (Fsp3) is 0.222. The minimum atomic E-state index is -0.445. The van der Waals surface area contributed by atoms with Crippen molar-refractivity contribution in [2.24, 2.45) is 0 Å². The molecule has 0 bridgehead atoms. The normalized spacial score (nSPS) is 9.47. The van der Waals surface area contributed by atoms with Crippen LogP contribution in [0.2, 0.25) is 0 Å². The molecule has 3 N–H and O–H groups in total. The Labute approximate surface area is 90.6 Å². The van der Waals surface area contributed by atoms with Crippen molar-refractivity contribution in [2.45, 2.75) is 6.92 Å². The standard InChI is InChI=1S/C9H10N2O3S/c1-5(12)11-6-3-7(9(13)14-2)15-8(6)4-10/h3-4,10H,1-2H3,(H,11,12)/p+1. The molecule has 6 heteroatoms. The van der Waals surface area contributed by atoms with Crippen LogP contribution in [0.4, 0.5) is 5.69 Å². The molecule has 1 amide bonds. The highest BCUT2D eigenvalue weighted by molar-refractivity contribution is 7.16. The van der Waals surface area contributed by atoms with Gasteiger partial charge in [-0.1, -0.05) is 0 Å². The van der Waals surface area contributed by atoms with E-state index in [1.807, 2.05) is 0 Å².